The van der Waals surface area contributed by atoms with Gasteiger partial charge in [0.15, 0.2) is 0 Å². The van der Waals surface area contributed by atoms with Gasteiger partial charge in [-0.1, -0.05) is 0 Å². The average molecular weight is 386 g/mol. The molecule has 1 aliphatic carbocycles. The minimum absolute atomic E-state index is 0.189. The number of nitrogens with zero attached hydrogens (tertiary/aromatic N) is 1. The minimum Gasteiger partial charge on any atom is -0.342 e. The molecule has 134 valence electrons. The van der Waals surface area contributed by atoms with Gasteiger partial charge in [0.1, 0.15) is 10.6 Å². The molecular weight excluding hydrogens is 366 g/mol. The molecule has 26 heavy (non-hydrogen) atoms. The number of aryl methyl sites for hydroxylation is 3. The number of rotatable bonds is 5. The smallest absolute Gasteiger partial charge is 0.261 e. The minimum atomic E-state index is -0.339. The Kier molecular flexibility index (Phi) is 4.74. The van der Waals surface area contributed by atoms with Gasteiger partial charge in [-0.15, -0.1) is 11.3 Å². The fourth-order valence-electron chi connectivity index (χ4n) is 3.29. The van der Waals surface area contributed by atoms with Crippen molar-refractivity contribution in [1.29, 1.82) is 0 Å². The maximum Gasteiger partial charge on any atom is 0.261 e. The number of carbonyl (C=O) groups excluding carboxylic acids is 1. The second-order valence-electron chi connectivity index (χ2n) is 6.56. The Hall–Kier alpha value is -2.25. The molecule has 0 bridgehead atoms. The zero-order valence-electron chi connectivity index (χ0n) is 14.4. The van der Waals surface area contributed by atoms with E-state index >= 15 is 0 Å². The molecule has 0 fully saturated rings. The zero-order chi connectivity index (χ0) is 18.1. The van der Waals surface area contributed by atoms with E-state index in [1.807, 2.05) is 23.8 Å². The fraction of sp³-hybridized carbons (Fsp3) is 0.316. The van der Waals surface area contributed by atoms with E-state index in [0.29, 0.717) is 6.42 Å². The number of thiazole rings is 1. The molecule has 4 rings (SSSR count). The van der Waals surface area contributed by atoms with Gasteiger partial charge in [-0.05, 0) is 60.2 Å². The van der Waals surface area contributed by atoms with E-state index in [-0.39, 0.29) is 23.1 Å². The zero-order valence-corrected chi connectivity index (χ0v) is 16.0. The summed E-state index contributed by atoms with van der Waals surface area (Å²) in [5, 5.41) is 9.96. The summed E-state index contributed by atoms with van der Waals surface area (Å²) in [4.78, 5) is 32.6. The molecule has 7 heteroatoms. The highest BCUT2D eigenvalue weighted by Crippen LogP contribution is 2.24. The van der Waals surface area contributed by atoms with Crippen molar-refractivity contribution in [1.82, 2.24) is 15.3 Å². The lowest BCUT2D eigenvalue weighted by atomic mass is 10.1. The van der Waals surface area contributed by atoms with Gasteiger partial charge in [0.2, 0.25) is 0 Å². The van der Waals surface area contributed by atoms with Crippen LogP contribution in [0, 0.1) is 6.92 Å². The third-order valence-electron chi connectivity index (χ3n) is 4.59. The van der Waals surface area contributed by atoms with Crippen LogP contribution in [-0.2, 0) is 19.3 Å². The lowest BCUT2D eigenvalue weighted by molar-refractivity contribution is 0.0934. The molecule has 1 amide bonds. The molecule has 0 radical (unpaired) electrons. The summed E-state index contributed by atoms with van der Waals surface area (Å²) in [5.74, 6) is -0.339. The SMILES string of the molecule is Cc1csc(C(Cc2ccsc2)NC(=O)c2cc3c([nH]c2=O)CCC3)n1. The topological polar surface area (TPSA) is 74.8 Å². The Morgan fingerprint density at radius 2 is 2.27 bits per heavy atom. The van der Waals surface area contributed by atoms with Crippen LogP contribution in [-0.4, -0.2) is 15.9 Å². The second kappa shape index (κ2) is 7.17. The third kappa shape index (κ3) is 3.50. The lowest BCUT2D eigenvalue weighted by Crippen LogP contribution is -2.34. The van der Waals surface area contributed by atoms with Crippen LogP contribution in [0.1, 0.15) is 50.3 Å². The number of amides is 1. The Bertz CT molecular complexity index is 989. The third-order valence-corrected chi connectivity index (χ3v) is 6.40. The molecule has 3 aromatic heterocycles. The predicted molar refractivity (Wildman–Crippen MR) is 104 cm³/mol. The monoisotopic (exact) mass is 385 g/mol. The molecule has 3 aromatic rings. The first kappa shape index (κ1) is 17.2. The molecule has 1 unspecified atom stereocenters. The van der Waals surface area contributed by atoms with E-state index in [2.05, 4.69) is 20.7 Å². The summed E-state index contributed by atoms with van der Waals surface area (Å²) in [6.07, 6.45) is 3.47. The van der Waals surface area contributed by atoms with Crippen LogP contribution in [0.3, 0.4) is 0 Å². The van der Waals surface area contributed by atoms with Crippen molar-refractivity contribution in [3.8, 4) is 0 Å². The first-order valence-corrected chi connectivity index (χ1v) is 10.4. The number of thiophene rings is 1. The number of aromatic amines is 1. The number of fused-ring (bicyclic) bond motifs is 1. The van der Waals surface area contributed by atoms with Crippen LogP contribution in [0.15, 0.2) is 33.1 Å². The maximum atomic E-state index is 12.8. The number of H-pyrrole nitrogens is 1. The van der Waals surface area contributed by atoms with Gasteiger partial charge < -0.3 is 10.3 Å². The van der Waals surface area contributed by atoms with Crippen molar-refractivity contribution in [3.05, 3.63) is 71.7 Å². The number of aromatic nitrogens is 2. The van der Waals surface area contributed by atoms with E-state index in [1.165, 1.54) is 11.3 Å². The van der Waals surface area contributed by atoms with Gasteiger partial charge in [0, 0.05) is 23.2 Å². The van der Waals surface area contributed by atoms with E-state index < -0.39 is 0 Å². The molecule has 0 saturated carbocycles. The van der Waals surface area contributed by atoms with Gasteiger partial charge in [0.05, 0.1) is 6.04 Å². The molecule has 0 aromatic carbocycles. The normalized spacial score (nSPS) is 14.2. The van der Waals surface area contributed by atoms with Crippen LogP contribution in [0.4, 0.5) is 0 Å². The van der Waals surface area contributed by atoms with Crippen molar-refractivity contribution in [2.45, 2.75) is 38.6 Å². The molecule has 3 heterocycles. The van der Waals surface area contributed by atoms with E-state index in [4.69, 9.17) is 0 Å². The second-order valence-corrected chi connectivity index (χ2v) is 8.23. The van der Waals surface area contributed by atoms with Crippen molar-refractivity contribution >= 4 is 28.6 Å². The van der Waals surface area contributed by atoms with E-state index in [0.717, 1.165) is 46.8 Å². The molecule has 1 aliphatic rings. The van der Waals surface area contributed by atoms with Crippen molar-refractivity contribution in [3.63, 3.8) is 0 Å². The lowest BCUT2D eigenvalue weighted by Gasteiger charge is -2.16. The standard InChI is InChI=1S/C19H19N3O2S2/c1-11-9-26-19(20-11)16(7-12-5-6-25-10-12)22-18(24)14-8-13-3-2-4-15(13)21-17(14)23/h5-6,8-10,16H,2-4,7H2,1H3,(H,21,23)(H,22,24). The quantitative estimate of drug-likeness (QED) is 0.707. The Labute approximate surface area is 159 Å². The van der Waals surface area contributed by atoms with Gasteiger partial charge in [-0.2, -0.15) is 11.3 Å². The number of hydrogen-bond acceptors (Lipinski definition) is 5. The van der Waals surface area contributed by atoms with Crippen molar-refractivity contribution < 1.29 is 4.79 Å². The summed E-state index contributed by atoms with van der Waals surface area (Å²) in [6, 6.07) is 3.56. The molecule has 5 nitrogen and oxygen atoms in total. The van der Waals surface area contributed by atoms with E-state index in [1.54, 1.807) is 17.4 Å². The number of carbonyl (C=O) groups is 1. The van der Waals surface area contributed by atoms with Gasteiger partial charge in [0.25, 0.3) is 11.5 Å². The van der Waals surface area contributed by atoms with Crippen LogP contribution in [0.5, 0.6) is 0 Å². The molecule has 1 atom stereocenters. The largest absolute Gasteiger partial charge is 0.342 e. The first-order chi connectivity index (χ1) is 12.6. The van der Waals surface area contributed by atoms with Gasteiger partial charge in [-0.3, -0.25) is 9.59 Å². The highest BCUT2D eigenvalue weighted by molar-refractivity contribution is 7.09. The number of pyridine rings is 1. The van der Waals surface area contributed by atoms with E-state index in [9.17, 15) is 9.59 Å². The average Bonchev–Trinajstić information content (AvgIpc) is 3.34. The van der Waals surface area contributed by atoms with Gasteiger partial charge in [-0.25, -0.2) is 4.98 Å². The molecule has 0 spiro atoms. The first-order valence-electron chi connectivity index (χ1n) is 8.59. The highest BCUT2D eigenvalue weighted by Gasteiger charge is 2.23. The summed E-state index contributed by atoms with van der Waals surface area (Å²) in [6.45, 7) is 1.94. The van der Waals surface area contributed by atoms with Crippen LogP contribution in [0.25, 0.3) is 0 Å². The molecule has 0 saturated heterocycles. The van der Waals surface area contributed by atoms with Crippen LogP contribution in [0.2, 0.25) is 0 Å². The Balaban J connectivity index is 1.61. The van der Waals surface area contributed by atoms with Gasteiger partial charge >= 0.3 is 0 Å². The van der Waals surface area contributed by atoms with Crippen LogP contribution >= 0.6 is 22.7 Å². The Morgan fingerprint density at radius 1 is 1.38 bits per heavy atom. The fourth-order valence-corrected chi connectivity index (χ4v) is 4.82. The summed E-state index contributed by atoms with van der Waals surface area (Å²) in [5.41, 5.74) is 4.01. The number of nitrogens with one attached hydrogen (secondary N) is 2. The summed E-state index contributed by atoms with van der Waals surface area (Å²) >= 11 is 3.16. The Morgan fingerprint density at radius 3 is 3.00 bits per heavy atom. The number of hydrogen-bond donors (Lipinski definition) is 2. The summed E-state index contributed by atoms with van der Waals surface area (Å²) in [7, 11) is 0. The van der Waals surface area contributed by atoms with Crippen LogP contribution < -0.4 is 10.9 Å². The maximum absolute atomic E-state index is 12.8. The van der Waals surface area contributed by atoms with Crippen molar-refractivity contribution in [2.24, 2.45) is 0 Å². The van der Waals surface area contributed by atoms with Crippen molar-refractivity contribution in [2.75, 3.05) is 0 Å². The predicted octanol–water partition coefficient (Wildman–Crippen LogP) is 3.40. The highest BCUT2D eigenvalue weighted by atomic mass is 32.1. The molecule has 0 aliphatic heterocycles. The molecule has 2 N–H and O–H groups in total. The molecular formula is C19H19N3O2S2. The summed E-state index contributed by atoms with van der Waals surface area (Å²) < 4.78 is 0.